The fourth-order valence-corrected chi connectivity index (χ4v) is 2.75. The third kappa shape index (κ3) is 4.07. The van der Waals surface area contributed by atoms with Crippen LogP contribution in [0.25, 0.3) is 0 Å². The number of hydrogen-bond donors (Lipinski definition) is 1. The number of aryl methyl sites for hydroxylation is 1. The van der Waals surface area contributed by atoms with Crippen molar-refractivity contribution in [1.82, 2.24) is 0 Å². The molecule has 12 heteroatoms. The molecule has 3 aromatic carbocycles. The highest BCUT2D eigenvalue weighted by atomic mass is 35.5. The van der Waals surface area contributed by atoms with Gasteiger partial charge in [0.15, 0.2) is 11.6 Å². The van der Waals surface area contributed by atoms with Crippen LogP contribution in [0.2, 0.25) is 5.02 Å². The first-order chi connectivity index (χ1) is 14.9. The Morgan fingerprint density at radius 2 is 1.38 bits per heavy atom. The lowest BCUT2D eigenvalue weighted by molar-refractivity contribution is 0.0716. The molecule has 0 atom stereocenters. The molecule has 1 N–H and O–H groups in total. The zero-order chi connectivity index (χ0) is 23.9. The molecule has 0 spiro atoms. The number of benzene rings is 3. The summed E-state index contributed by atoms with van der Waals surface area (Å²) in [6, 6.07) is 3.96. The molecule has 3 nitrogen and oxygen atoms in total. The maximum Gasteiger partial charge on any atom is 0.346 e. The fourth-order valence-electron chi connectivity index (χ4n) is 2.56. The molecule has 32 heavy (non-hydrogen) atoms. The van der Waals surface area contributed by atoms with Gasteiger partial charge in [-0.25, -0.2) is 31.1 Å². The average molecular weight is 482 g/mol. The molecule has 0 radical (unpaired) electrons. The van der Waals surface area contributed by atoms with E-state index in [1.54, 1.807) is 0 Å². The van der Waals surface area contributed by atoms with Crippen LogP contribution in [0.3, 0.4) is 0 Å². The van der Waals surface area contributed by atoms with Gasteiger partial charge >= 0.3 is 5.97 Å². The smallest absolute Gasteiger partial charge is 0.346 e. The summed E-state index contributed by atoms with van der Waals surface area (Å²) >= 11 is 5.48. The number of carbonyl (C=O) groups is 1. The summed E-state index contributed by atoms with van der Waals surface area (Å²) in [6.07, 6.45) is 0. The Labute approximate surface area is 179 Å². The summed E-state index contributed by atoms with van der Waals surface area (Å²) in [7, 11) is 0. The minimum atomic E-state index is -2.51. The molecule has 0 aliphatic carbocycles. The van der Waals surface area contributed by atoms with Crippen molar-refractivity contribution in [1.29, 1.82) is 0 Å². The molecule has 0 unspecified atom stereocenters. The summed E-state index contributed by atoms with van der Waals surface area (Å²) in [5.41, 5.74) is -2.08. The quantitative estimate of drug-likeness (QED) is 0.148. The van der Waals surface area contributed by atoms with Gasteiger partial charge in [0, 0.05) is 0 Å². The fraction of sp³-hybridized carbons (Fsp3) is 0.0500. The minimum absolute atomic E-state index is 0.443. The molecule has 0 heterocycles. The Morgan fingerprint density at radius 3 is 1.94 bits per heavy atom. The van der Waals surface area contributed by atoms with Crippen molar-refractivity contribution in [2.24, 2.45) is 0 Å². The molecule has 0 aromatic heterocycles. The van der Waals surface area contributed by atoms with E-state index in [0.29, 0.717) is 11.6 Å². The van der Waals surface area contributed by atoms with Crippen LogP contribution in [-0.4, -0.2) is 5.97 Å². The minimum Gasteiger partial charge on any atom is -0.416 e. The molecule has 0 saturated carbocycles. The van der Waals surface area contributed by atoms with Gasteiger partial charge in [-0.05, 0) is 30.7 Å². The molecule has 0 saturated heterocycles. The van der Waals surface area contributed by atoms with Crippen LogP contribution in [0.5, 0.6) is 5.75 Å². The van der Waals surface area contributed by atoms with E-state index < -0.39 is 80.2 Å². The Morgan fingerprint density at radius 1 is 0.812 bits per heavy atom. The van der Waals surface area contributed by atoms with Gasteiger partial charge in [0.05, 0.1) is 22.0 Å². The van der Waals surface area contributed by atoms with Gasteiger partial charge in [-0.15, -0.1) is 0 Å². The van der Waals surface area contributed by atoms with Crippen molar-refractivity contribution in [2.45, 2.75) is 6.92 Å². The monoisotopic (exact) mass is 481 g/mol. The first-order valence-electron chi connectivity index (χ1n) is 8.38. The summed E-state index contributed by atoms with van der Waals surface area (Å²) in [5.74, 6) is -20.6. The van der Waals surface area contributed by atoms with Crippen LogP contribution < -0.4 is 10.1 Å². The molecule has 0 aliphatic heterocycles. The first-order valence-corrected chi connectivity index (χ1v) is 8.76. The van der Waals surface area contributed by atoms with E-state index in [1.807, 2.05) is 0 Å². The second-order valence-electron chi connectivity index (χ2n) is 6.31. The SMILES string of the molecule is Cc1ccc(Nc2c(C(=O)Oc3c(F)c(F)c(F)c(F)c3F)cc(Cl)c(F)c2F)c(F)c1. The van der Waals surface area contributed by atoms with E-state index in [4.69, 9.17) is 11.6 Å². The van der Waals surface area contributed by atoms with Crippen LogP contribution in [0.15, 0.2) is 24.3 Å². The lowest BCUT2D eigenvalue weighted by Gasteiger charge is -2.15. The Kier molecular flexibility index (Phi) is 6.31. The molecule has 0 amide bonds. The van der Waals surface area contributed by atoms with Crippen molar-refractivity contribution < 1.29 is 44.7 Å². The van der Waals surface area contributed by atoms with Gasteiger partial charge in [0.2, 0.25) is 34.8 Å². The topological polar surface area (TPSA) is 38.3 Å². The van der Waals surface area contributed by atoms with Crippen LogP contribution in [-0.2, 0) is 0 Å². The number of ether oxygens (including phenoxy) is 1. The highest BCUT2D eigenvalue weighted by Gasteiger charge is 2.31. The second-order valence-corrected chi connectivity index (χ2v) is 6.71. The van der Waals surface area contributed by atoms with E-state index in [-0.39, 0.29) is 0 Å². The molecule has 0 aliphatic rings. The summed E-state index contributed by atoms with van der Waals surface area (Å²) in [4.78, 5) is 12.4. The van der Waals surface area contributed by atoms with E-state index in [9.17, 15) is 39.9 Å². The molecular weight excluding hydrogens is 474 g/mol. The second kappa shape index (κ2) is 8.65. The number of halogens is 9. The van der Waals surface area contributed by atoms with Gasteiger partial charge in [0.1, 0.15) is 5.82 Å². The van der Waals surface area contributed by atoms with Crippen molar-refractivity contribution >= 4 is 28.9 Å². The largest absolute Gasteiger partial charge is 0.416 e. The zero-order valence-corrected chi connectivity index (χ0v) is 16.3. The maximum absolute atomic E-state index is 14.5. The maximum atomic E-state index is 14.5. The normalized spacial score (nSPS) is 10.9. The number of nitrogens with one attached hydrogen (secondary N) is 1. The summed E-state index contributed by atoms with van der Waals surface area (Å²) < 4.78 is 114. The number of anilines is 2. The van der Waals surface area contributed by atoms with Crippen molar-refractivity contribution in [2.75, 3.05) is 5.32 Å². The predicted molar refractivity (Wildman–Crippen MR) is 97.0 cm³/mol. The van der Waals surface area contributed by atoms with Crippen LogP contribution >= 0.6 is 11.6 Å². The van der Waals surface area contributed by atoms with E-state index in [1.165, 1.54) is 13.0 Å². The molecule has 3 aromatic rings. The third-order valence-corrected chi connectivity index (χ3v) is 4.41. The van der Waals surface area contributed by atoms with E-state index in [2.05, 4.69) is 10.1 Å². The zero-order valence-electron chi connectivity index (χ0n) is 15.5. The van der Waals surface area contributed by atoms with Gasteiger partial charge in [-0.1, -0.05) is 17.7 Å². The lowest BCUT2D eigenvalue weighted by Crippen LogP contribution is -2.16. The molecule has 3 rings (SSSR count). The average Bonchev–Trinajstić information content (AvgIpc) is 2.75. The van der Waals surface area contributed by atoms with Crippen LogP contribution in [0, 0.1) is 53.5 Å². The van der Waals surface area contributed by atoms with Gasteiger partial charge in [-0.2, -0.15) is 8.78 Å². The Hall–Kier alpha value is -3.34. The number of rotatable bonds is 4. The van der Waals surface area contributed by atoms with Gasteiger partial charge in [-0.3, -0.25) is 0 Å². The summed E-state index contributed by atoms with van der Waals surface area (Å²) in [6.45, 7) is 1.53. The van der Waals surface area contributed by atoms with Crippen molar-refractivity contribution in [3.63, 3.8) is 0 Å². The standard InChI is InChI=1S/C20H8ClF8NO2/c1-6-2-3-10(9(22)4-6)30-18-7(5-8(21)11(23)15(18)27)20(31)32-19-16(28)13(25)12(24)14(26)17(19)29/h2-5,30H,1H3. The van der Waals surface area contributed by atoms with E-state index >= 15 is 0 Å². The van der Waals surface area contributed by atoms with Crippen LogP contribution in [0.1, 0.15) is 15.9 Å². The lowest BCUT2D eigenvalue weighted by atomic mass is 10.1. The molecular formula is C20H8ClF8NO2. The van der Waals surface area contributed by atoms with Crippen LogP contribution in [0.4, 0.5) is 46.5 Å². The third-order valence-electron chi connectivity index (χ3n) is 4.13. The highest BCUT2D eigenvalue weighted by molar-refractivity contribution is 6.31. The first kappa shape index (κ1) is 23.3. The van der Waals surface area contributed by atoms with Crippen molar-refractivity contribution in [3.8, 4) is 5.75 Å². The van der Waals surface area contributed by atoms with Gasteiger partial charge in [0.25, 0.3) is 0 Å². The van der Waals surface area contributed by atoms with Crippen molar-refractivity contribution in [3.05, 3.63) is 87.0 Å². The molecule has 168 valence electrons. The molecule has 0 bridgehead atoms. The van der Waals surface area contributed by atoms with E-state index in [0.717, 1.165) is 12.1 Å². The summed E-state index contributed by atoms with van der Waals surface area (Å²) in [5, 5.41) is 1.10. The Bertz CT molecular complexity index is 1240. The van der Waals surface area contributed by atoms with Gasteiger partial charge < -0.3 is 10.1 Å². The Balaban J connectivity index is 2.11. The number of esters is 1. The highest BCUT2D eigenvalue weighted by Crippen LogP contribution is 2.34. The number of carbonyl (C=O) groups excluding carboxylic acids is 1. The molecule has 0 fully saturated rings. The predicted octanol–water partition coefficient (Wildman–Crippen LogP) is 6.72. The number of hydrogen-bond acceptors (Lipinski definition) is 3.